The predicted molar refractivity (Wildman–Crippen MR) is 84.0 cm³/mol. The number of anilines is 1. The van der Waals surface area contributed by atoms with Crippen molar-refractivity contribution in [1.29, 1.82) is 0 Å². The highest BCUT2D eigenvalue weighted by Crippen LogP contribution is 2.27. The van der Waals surface area contributed by atoms with Gasteiger partial charge in [-0.1, -0.05) is 6.42 Å². The molecule has 2 rings (SSSR count). The van der Waals surface area contributed by atoms with E-state index in [1.165, 1.54) is 23.4 Å². The number of carbonyl (C=O) groups excluding carboxylic acids is 1. The van der Waals surface area contributed by atoms with Gasteiger partial charge >= 0.3 is 0 Å². The van der Waals surface area contributed by atoms with E-state index in [2.05, 4.69) is 5.32 Å². The quantitative estimate of drug-likeness (QED) is 0.879. The minimum atomic E-state index is -3.64. The van der Waals surface area contributed by atoms with Crippen LogP contribution in [0.2, 0.25) is 0 Å². The van der Waals surface area contributed by atoms with E-state index >= 15 is 0 Å². The van der Waals surface area contributed by atoms with Crippen LogP contribution < -0.4 is 5.32 Å². The molecule has 2 atom stereocenters. The number of benzene rings is 1. The van der Waals surface area contributed by atoms with Crippen LogP contribution in [0.25, 0.3) is 0 Å². The van der Waals surface area contributed by atoms with Gasteiger partial charge in [0, 0.05) is 19.2 Å². The van der Waals surface area contributed by atoms with Gasteiger partial charge in [0.25, 0.3) is 0 Å². The van der Waals surface area contributed by atoms with Crippen molar-refractivity contribution in [2.24, 2.45) is 0 Å². The number of nitrogens with one attached hydrogen (secondary N) is 1. The molecule has 0 spiro atoms. The van der Waals surface area contributed by atoms with Crippen LogP contribution in [-0.4, -0.2) is 42.4 Å². The van der Waals surface area contributed by atoms with Gasteiger partial charge in [0.2, 0.25) is 15.9 Å². The van der Waals surface area contributed by atoms with E-state index in [0.717, 1.165) is 12.8 Å². The van der Waals surface area contributed by atoms with Gasteiger partial charge in [0.15, 0.2) is 0 Å². The van der Waals surface area contributed by atoms with Crippen molar-refractivity contribution in [3.05, 3.63) is 24.3 Å². The molecule has 1 aliphatic heterocycles. The molecular weight excluding hydrogens is 304 g/mol. The number of amides is 1. The van der Waals surface area contributed by atoms with E-state index in [4.69, 9.17) is 0 Å². The lowest BCUT2D eigenvalue weighted by Gasteiger charge is -2.36. The molecule has 2 N–H and O–H groups in total. The van der Waals surface area contributed by atoms with Crippen LogP contribution in [0, 0.1) is 0 Å². The number of piperidine rings is 1. The first kappa shape index (κ1) is 16.9. The van der Waals surface area contributed by atoms with Crippen molar-refractivity contribution in [3.8, 4) is 0 Å². The number of hydrogen-bond acceptors (Lipinski definition) is 4. The first-order valence-corrected chi connectivity index (χ1v) is 8.84. The summed E-state index contributed by atoms with van der Waals surface area (Å²) < 4.78 is 26.9. The van der Waals surface area contributed by atoms with Gasteiger partial charge in [0.1, 0.15) is 0 Å². The van der Waals surface area contributed by atoms with Gasteiger partial charge in [-0.25, -0.2) is 8.42 Å². The largest absolute Gasteiger partial charge is 0.392 e. The van der Waals surface area contributed by atoms with Crippen LogP contribution in [0.4, 0.5) is 5.69 Å². The molecule has 1 aliphatic rings. The van der Waals surface area contributed by atoms with E-state index in [9.17, 15) is 18.3 Å². The van der Waals surface area contributed by atoms with Gasteiger partial charge < -0.3 is 10.4 Å². The molecule has 6 nitrogen and oxygen atoms in total. The van der Waals surface area contributed by atoms with Crippen LogP contribution in [0.1, 0.15) is 33.1 Å². The minimum Gasteiger partial charge on any atom is -0.392 e. The van der Waals surface area contributed by atoms with Gasteiger partial charge in [-0.15, -0.1) is 0 Å². The lowest BCUT2D eigenvalue weighted by atomic mass is 10.0. The molecule has 1 amide bonds. The average molecular weight is 326 g/mol. The Labute approximate surface area is 131 Å². The third-order valence-electron chi connectivity index (χ3n) is 3.84. The topological polar surface area (TPSA) is 86.7 Å². The van der Waals surface area contributed by atoms with Gasteiger partial charge in [-0.05, 0) is 44.0 Å². The van der Waals surface area contributed by atoms with Crippen molar-refractivity contribution in [2.75, 3.05) is 11.9 Å². The van der Waals surface area contributed by atoms with E-state index in [0.29, 0.717) is 18.7 Å². The molecule has 0 radical (unpaired) electrons. The third kappa shape index (κ3) is 3.66. The van der Waals surface area contributed by atoms with E-state index in [1.54, 1.807) is 19.1 Å². The normalized spacial score (nSPS) is 21.3. The zero-order valence-electron chi connectivity index (χ0n) is 12.8. The highest BCUT2D eigenvalue weighted by atomic mass is 32.2. The Morgan fingerprint density at radius 1 is 1.32 bits per heavy atom. The summed E-state index contributed by atoms with van der Waals surface area (Å²) in [5, 5.41) is 12.5. The molecule has 0 saturated carbocycles. The monoisotopic (exact) mass is 326 g/mol. The Balaban J connectivity index is 2.26. The Hall–Kier alpha value is -1.44. The molecule has 22 heavy (non-hydrogen) atoms. The second-order valence-corrected chi connectivity index (χ2v) is 7.52. The smallest absolute Gasteiger partial charge is 0.243 e. The number of aliphatic hydroxyl groups is 1. The molecule has 0 aliphatic carbocycles. The summed E-state index contributed by atoms with van der Waals surface area (Å²) in [6.45, 7) is 3.44. The summed E-state index contributed by atoms with van der Waals surface area (Å²) >= 11 is 0. The van der Waals surface area contributed by atoms with Gasteiger partial charge in [0.05, 0.1) is 17.0 Å². The Morgan fingerprint density at radius 3 is 2.50 bits per heavy atom. The summed E-state index contributed by atoms with van der Waals surface area (Å²) in [7, 11) is -3.64. The maximum Gasteiger partial charge on any atom is 0.243 e. The van der Waals surface area contributed by atoms with Crippen molar-refractivity contribution >= 4 is 21.6 Å². The molecule has 0 aromatic heterocycles. The first-order valence-electron chi connectivity index (χ1n) is 7.40. The third-order valence-corrected chi connectivity index (χ3v) is 5.78. The zero-order chi connectivity index (χ0) is 16.3. The van der Waals surface area contributed by atoms with Gasteiger partial charge in [-0.2, -0.15) is 4.31 Å². The van der Waals surface area contributed by atoms with E-state index in [1.807, 2.05) is 0 Å². The number of rotatable bonds is 4. The van der Waals surface area contributed by atoms with Crippen LogP contribution >= 0.6 is 0 Å². The van der Waals surface area contributed by atoms with Crippen molar-refractivity contribution < 1.29 is 18.3 Å². The van der Waals surface area contributed by atoms with E-state index < -0.39 is 16.1 Å². The molecular formula is C15H22N2O4S. The molecule has 1 aromatic carbocycles. The zero-order valence-corrected chi connectivity index (χ0v) is 13.6. The number of nitrogens with zero attached hydrogens (tertiary/aromatic N) is 1. The van der Waals surface area contributed by atoms with Crippen molar-refractivity contribution in [3.63, 3.8) is 0 Å². The number of aliphatic hydroxyl groups excluding tert-OH is 1. The first-order chi connectivity index (χ1) is 10.3. The molecule has 122 valence electrons. The summed E-state index contributed by atoms with van der Waals surface area (Å²) in [5.41, 5.74) is 0.553. The Morgan fingerprint density at radius 2 is 1.95 bits per heavy atom. The molecule has 7 heteroatoms. The maximum atomic E-state index is 12.8. The number of hydrogen-bond donors (Lipinski definition) is 2. The molecule has 0 bridgehead atoms. The van der Waals surface area contributed by atoms with Crippen LogP contribution in [0.15, 0.2) is 29.2 Å². The molecule has 1 aromatic rings. The Bertz CT molecular complexity index is 625. The standard InChI is InChI=1S/C15H22N2O4S/c1-11(18)15-5-3-4-10-17(15)22(20,21)14-8-6-13(7-9-14)16-12(2)19/h6-9,11,15,18H,3-5,10H2,1-2H3,(H,16,19)/t11-,15-/m1/s1. The summed E-state index contributed by atoms with van der Waals surface area (Å²) in [5.74, 6) is -0.208. The number of sulfonamides is 1. The minimum absolute atomic E-state index is 0.175. The number of carbonyl (C=O) groups is 1. The summed E-state index contributed by atoms with van der Waals surface area (Å²) in [6.07, 6.45) is 1.69. The van der Waals surface area contributed by atoms with Crippen molar-refractivity contribution in [1.82, 2.24) is 4.31 Å². The molecule has 1 heterocycles. The van der Waals surface area contributed by atoms with Gasteiger partial charge in [-0.3, -0.25) is 4.79 Å². The highest BCUT2D eigenvalue weighted by molar-refractivity contribution is 7.89. The van der Waals surface area contributed by atoms with Crippen LogP contribution in [-0.2, 0) is 14.8 Å². The lowest BCUT2D eigenvalue weighted by Crippen LogP contribution is -2.48. The molecule has 0 unspecified atom stereocenters. The summed E-state index contributed by atoms with van der Waals surface area (Å²) in [6, 6.07) is 5.71. The van der Waals surface area contributed by atoms with Crippen LogP contribution in [0.5, 0.6) is 0 Å². The van der Waals surface area contributed by atoms with E-state index in [-0.39, 0.29) is 16.8 Å². The predicted octanol–water partition coefficient (Wildman–Crippen LogP) is 1.57. The fraction of sp³-hybridized carbons (Fsp3) is 0.533. The molecule has 1 fully saturated rings. The fourth-order valence-corrected chi connectivity index (χ4v) is 4.52. The van der Waals surface area contributed by atoms with Crippen LogP contribution in [0.3, 0.4) is 0 Å². The van der Waals surface area contributed by atoms with Crippen molar-refractivity contribution in [2.45, 2.75) is 50.2 Å². The average Bonchev–Trinajstić information content (AvgIpc) is 2.47. The SMILES string of the molecule is CC(=O)Nc1ccc(S(=O)(=O)N2CCCC[C@@H]2[C@@H](C)O)cc1. The highest BCUT2D eigenvalue weighted by Gasteiger charge is 2.35. The Kier molecular flexibility index (Phi) is 5.20. The fourth-order valence-electron chi connectivity index (χ4n) is 2.76. The summed E-state index contributed by atoms with van der Waals surface area (Å²) in [4.78, 5) is 11.2. The second kappa shape index (κ2) is 6.76. The second-order valence-electron chi connectivity index (χ2n) is 5.63. The maximum absolute atomic E-state index is 12.8. The molecule has 1 saturated heterocycles. The lowest BCUT2D eigenvalue weighted by molar-refractivity contribution is -0.114.